The normalized spacial score (nSPS) is 14.2. The van der Waals surface area contributed by atoms with E-state index in [9.17, 15) is 10.2 Å². The molecular weight excluding hydrogens is 388 g/mol. The minimum Gasteiger partial charge on any atom is -0.491 e. The molecule has 0 radical (unpaired) electrons. The Morgan fingerprint density at radius 3 is 1.23 bits per heavy atom. The Morgan fingerprint density at radius 1 is 0.613 bits per heavy atom. The highest BCUT2D eigenvalue weighted by Crippen LogP contribution is 2.23. The van der Waals surface area contributed by atoms with Gasteiger partial charge in [0.25, 0.3) is 0 Å². The van der Waals surface area contributed by atoms with Crippen molar-refractivity contribution >= 4 is 0 Å². The van der Waals surface area contributed by atoms with Gasteiger partial charge in [-0.05, 0) is 65.5 Å². The van der Waals surface area contributed by atoms with Crippen LogP contribution < -0.4 is 9.47 Å². The van der Waals surface area contributed by atoms with Gasteiger partial charge < -0.3 is 19.7 Å². The van der Waals surface area contributed by atoms with Crippen molar-refractivity contribution in [1.82, 2.24) is 0 Å². The summed E-state index contributed by atoms with van der Waals surface area (Å²) in [5.74, 6) is 1.54. The number of aliphatic hydroxyl groups excluding tert-OH is 2. The summed E-state index contributed by atoms with van der Waals surface area (Å²) in [5, 5.41) is 20.2. The Balaban J connectivity index is 1.80. The van der Waals surface area contributed by atoms with Crippen molar-refractivity contribution in [2.24, 2.45) is 10.8 Å². The molecule has 0 heterocycles. The van der Waals surface area contributed by atoms with E-state index in [1.165, 1.54) is 11.1 Å². The van der Waals surface area contributed by atoms with Crippen molar-refractivity contribution < 1.29 is 19.7 Å². The fourth-order valence-electron chi connectivity index (χ4n) is 3.56. The molecule has 4 heteroatoms. The molecule has 0 aliphatic carbocycles. The molecule has 2 aromatic rings. The lowest BCUT2D eigenvalue weighted by Gasteiger charge is -2.22. The SMILES string of the molecule is CC(C)(C)CC(O)COc1ccc(Cc2ccc(OCC(O)CC(C)(C)C)cc2)cc1. The van der Waals surface area contributed by atoms with Crippen LogP contribution in [0.4, 0.5) is 0 Å². The van der Waals surface area contributed by atoms with Gasteiger partial charge in [0.15, 0.2) is 0 Å². The zero-order valence-electron chi connectivity index (χ0n) is 20.0. The van der Waals surface area contributed by atoms with Crippen LogP contribution in [0.5, 0.6) is 11.5 Å². The molecule has 4 nitrogen and oxygen atoms in total. The van der Waals surface area contributed by atoms with E-state index in [1.54, 1.807) is 0 Å². The molecule has 2 N–H and O–H groups in total. The Hall–Kier alpha value is -2.04. The van der Waals surface area contributed by atoms with Crippen LogP contribution in [0.1, 0.15) is 65.5 Å². The molecular formula is C27H40O4. The molecule has 0 amide bonds. The quantitative estimate of drug-likeness (QED) is 0.515. The second-order valence-corrected chi connectivity index (χ2v) is 10.9. The van der Waals surface area contributed by atoms with Crippen molar-refractivity contribution in [3.8, 4) is 11.5 Å². The largest absolute Gasteiger partial charge is 0.491 e. The molecule has 2 atom stereocenters. The molecule has 2 unspecified atom stereocenters. The minimum absolute atomic E-state index is 0.0828. The van der Waals surface area contributed by atoms with Gasteiger partial charge in [0, 0.05) is 0 Å². The first-order valence-electron chi connectivity index (χ1n) is 11.2. The first kappa shape index (κ1) is 25.2. The lowest BCUT2D eigenvalue weighted by atomic mass is 9.89. The fraction of sp³-hybridized carbons (Fsp3) is 0.556. The summed E-state index contributed by atoms with van der Waals surface area (Å²) in [6, 6.07) is 16.0. The molecule has 0 aliphatic rings. The van der Waals surface area contributed by atoms with Crippen LogP contribution >= 0.6 is 0 Å². The number of hydrogen-bond donors (Lipinski definition) is 2. The summed E-state index contributed by atoms with van der Waals surface area (Å²) < 4.78 is 11.4. The maximum Gasteiger partial charge on any atom is 0.119 e. The lowest BCUT2D eigenvalue weighted by Crippen LogP contribution is -2.23. The average Bonchev–Trinajstić information content (AvgIpc) is 2.64. The van der Waals surface area contributed by atoms with E-state index in [4.69, 9.17) is 9.47 Å². The van der Waals surface area contributed by atoms with Gasteiger partial charge in [-0.2, -0.15) is 0 Å². The predicted octanol–water partition coefficient (Wildman–Crippen LogP) is 5.63. The third kappa shape index (κ3) is 10.7. The molecule has 2 rings (SSSR count). The van der Waals surface area contributed by atoms with Crippen LogP contribution in [-0.4, -0.2) is 35.6 Å². The van der Waals surface area contributed by atoms with Crippen LogP contribution in [0.2, 0.25) is 0 Å². The molecule has 0 saturated carbocycles. The Kier molecular flexibility index (Phi) is 8.96. The number of ether oxygens (including phenoxy) is 2. The molecule has 172 valence electrons. The first-order valence-corrected chi connectivity index (χ1v) is 11.2. The zero-order chi connectivity index (χ0) is 23.1. The molecule has 0 saturated heterocycles. The van der Waals surface area contributed by atoms with E-state index in [-0.39, 0.29) is 10.8 Å². The maximum absolute atomic E-state index is 10.1. The van der Waals surface area contributed by atoms with Gasteiger partial charge in [-0.1, -0.05) is 65.8 Å². The predicted molar refractivity (Wildman–Crippen MR) is 127 cm³/mol. The van der Waals surface area contributed by atoms with E-state index < -0.39 is 12.2 Å². The van der Waals surface area contributed by atoms with E-state index >= 15 is 0 Å². The van der Waals surface area contributed by atoms with Crippen LogP contribution in [0.15, 0.2) is 48.5 Å². The molecule has 2 aromatic carbocycles. The highest BCUT2D eigenvalue weighted by Gasteiger charge is 2.18. The van der Waals surface area contributed by atoms with Gasteiger partial charge >= 0.3 is 0 Å². The molecule has 0 aromatic heterocycles. The third-order valence-corrected chi connectivity index (χ3v) is 4.84. The topological polar surface area (TPSA) is 58.9 Å². The summed E-state index contributed by atoms with van der Waals surface area (Å²) in [6.45, 7) is 13.3. The van der Waals surface area contributed by atoms with Gasteiger partial charge in [-0.15, -0.1) is 0 Å². The van der Waals surface area contributed by atoms with E-state index in [0.717, 1.165) is 17.9 Å². The second-order valence-electron chi connectivity index (χ2n) is 10.9. The van der Waals surface area contributed by atoms with Gasteiger partial charge in [0.2, 0.25) is 0 Å². The summed E-state index contributed by atoms with van der Waals surface area (Å²) in [4.78, 5) is 0. The zero-order valence-corrected chi connectivity index (χ0v) is 20.0. The van der Waals surface area contributed by atoms with Crippen molar-refractivity contribution in [3.63, 3.8) is 0 Å². The highest BCUT2D eigenvalue weighted by molar-refractivity contribution is 5.34. The van der Waals surface area contributed by atoms with Crippen molar-refractivity contribution in [1.29, 1.82) is 0 Å². The summed E-state index contributed by atoms with van der Waals surface area (Å²) >= 11 is 0. The molecule has 0 aliphatic heterocycles. The first-order chi connectivity index (χ1) is 14.4. The Morgan fingerprint density at radius 2 is 0.935 bits per heavy atom. The summed E-state index contributed by atoms with van der Waals surface area (Å²) in [6.07, 6.45) is 1.31. The average molecular weight is 429 g/mol. The van der Waals surface area contributed by atoms with Crippen LogP contribution in [0, 0.1) is 10.8 Å². The fourth-order valence-corrected chi connectivity index (χ4v) is 3.56. The van der Waals surface area contributed by atoms with E-state index in [2.05, 4.69) is 65.8 Å². The van der Waals surface area contributed by atoms with E-state index in [0.29, 0.717) is 26.1 Å². The Labute approximate surface area is 188 Å². The monoisotopic (exact) mass is 428 g/mol. The van der Waals surface area contributed by atoms with Crippen molar-refractivity contribution in [2.45, 2.75) is 73.0 Å². The van der Waals surface area contributed by atoms with Gasteiger partial charge in [-0.3, -0.25) is 0 Å². The standard InChI is InChI=1S/C27H40O4/c1-26(2,3)16-22(28)18-30-24-11-7-20(8-12-24)15-21-9-13-25(14-10-21)31-19-23(29)17-27(4,5)6/h7-14,22-23,28-29H,15-19H2,1-6H3. The van der Waals surface area contributed by atoms with E-state index in [1.807, 2.05) is 24.3 Å². The van der Waals surface area contributed by atoms with Crippen molar-refractivity contribution in [2.75, 3.05) is 13.2 Å². The van der Waals surface area contributed by atoms with Crippen LogP contribution in [0.25, 0.3) is 0 Å². The van der Waals surface area contributed by atoms with Crippen LogP contribution in [-0.2, 0) is 6.42 Å². The number of benzene rings is 2. The minimum atomic E-state index is -0.463. The molecule has 31 heavy (non-hydrogen) atoms. The van der Waals surface area contributed by atoms with Gasteiger partial charge in [0.1, 0.15) is 24.7 Å². The lowest BCUT2D eigenvalue weighted by molar-refractivity contribution is 0.0708. The van der Waals surface area contributed by atoms with Crippen LogP contribution in [0.3, 0.4) is 0 Å². The number of aliphatic hydroxyl groups is 2. The smallest absolute Gasteiger partial charge is 0.119 e. The maximum atomic E-state index is 10.1. The highest BCUT2D eigenvalue weighted by atomic mass is 16.5. The Bertz CT molecular complexity index is 699. The molecule has 0 bridgehead atoms. The summed E-state index contributed by atoms with van der Waals surface area (Å²) in [5.41, 5.74) is 2.55. The number of hydrogen-bond acceptors (Lipinski definition) is 4. The van der Waals surface area contributed by atoms with Crippen molar-refractivity contribution in [3.05, 3.63) is 59.7 Å². The molecule has 0 fully saturated rings. The second kappa shape index (κ2) is 11.0. The van der Waals surface area contributed by atoms with Gasteiger partial charge in [-0.25, -0.2) is 0 Å². The van der Waals surface area contributed by atoms with Gasteiger partial charge in [0.05, 0.1) is 12.2 Å². The third-order valence-electron chi connectivity index (χ3n) is 4.84. The molecule has 0 spiro atoms. The summed E-state index contributed by atoms with van der Waals surface area (Å²) in [7, 11) is 0. The number of rotatable bonds is 10.